The maximum absolute atomic E-state index is 13.2. The number of hydrogen-bond donors (Lipinski definition) is 0. The first-order valence-corrected chi connectivity index (χ1v) is 9.72. The van der Waals surface area contributed by atoms with Gasteiger partial charge in [0.1, 0.15) is 5.75 Å². The predicted octanol–water partition coefficient (Wildman–Crippen LogP) is 4.33. The fourth-order valence-electron chi connectivity index (χ4n) is 4.81. The predicted molar refractivity (Wildman–Crippen MR) is 109 cm³/mol. The zero-order valence-corrected chi connectivity index (χ0v) is 16.2. The van der Waals surface area contributed by atoms with Gasteiger partial charge in [-0.25, -0.2) is 0 Å². The second kappa shape index (κ2) is 7.32. The molecule has 2 atom stereocenters. The molecule has 0 bridgehead atoms. The molecule has 2 aromatic rings. The van der Waals surface area contributed by atoms with Gasteiger partial charge in [0, 0.05) is 18.4 Å². The van der Waals surface area contributed by atoms with Crippen LogP contribution in [-0.2, 0) is 10.2 Å². The van der Waals surface area contributed by atoms with Crippen LogP contribution in [0.3, 0.4) is 0 Å². The lowest BCUT2D eigenvalue weighted by molar-refractivity contribution is -0.120. The van der Waals surface area contributed by atoms with Gasteiger partial charge in [-0.15, -0.1) is 0 Å². The Kier molecular flexibility index (Phi) is 4.88. The SMILES string of the molecule is COc1cccc([C@@]23CCN(C)C[C@H]2CC(=Cc2ccccc2)C(=O)C3)c1. The van der Waals surface area contributed by atoms with E-state index in [0.717, 1.165) is 42.8 Å². The van der Waals surface area contributed by atoms with Gasteiger partial charge in [-0.1, -0.05) is 42.5 Å². The van der Waals surface area contributed by atoms with E-state index in [2.05, 4.69) is 48.4 Å². The topological polar surface area (TPSA) is 29.5 Å². The largest absolute Gasteiger partial charge is 0.497 e. The number of fused-ring (bicyclic) bond motifs is 1. The van der Waals surface area contributed by atoms with E-state index < -0.39 is 0 Å². The highest BCUT2D eigenvalue weighted by Crippen LogP contribution is 2.49. The molecule has 0 amide bonds. The number of ether oxygens (including phenoxy) is 1. The Hall–Kier alpha value is -2.39. The number of nitrogens with zero attached hydrogens (tertiary/aromatic N) is 1. The fourth-order valence-corrected chi connectivity index (χ4v) is 4.81. The van der Waals surface area contributed by atoms with Crippen molar-refractivity contribution < 1.29 is 9.53 Å². The molecule has 2 fully saturated rings. The number of benzene rings is 2. The van der Waals surface area contributed by atoms with Crippen molar-refractivity contribution in [2.75, 3.05) is 27.2 Å². The summed E-state index contributed by atoms with van der Waals surface area (Å²) in [5.74, 6) is 1.61. The average Bonchev–Trinajstić information content (AvgIpc) is 2.70. The molecule has 3 heteroatoms. The summed E-state index contributed by atoms with van der Waals surface area (Å²) < 4.78 is 5.46. The fraction of sp³-hybridized carbons (Fsp3) is 0.375. The molecule has 140 valence electrons. The lowest BCUT2D eigenvalue weighted by Crippen LogP contribution is -2.52. The van der Waals surface area contributed by atoms with Crippen LogP contribution in [0.15, 0.2) is 60.2 Å². The smallest absolute Gasteiger partial charge is 0.159 e. The molecule has 0 unspecified atom stereocenters. The third-order valence-electron chi connectivity index (χ3n) is 6.34. The molecule has 4 rings (SSSR count). The summed E-state index contributed by atoms with van der Waals surface area (Å²) in [7, 11) is 3.89. The second-order valence-corrected chi connectivity index (χ2v) is 7.98. The van der Waals surface area contributed by atoms with Crippen molar-refractivity contribution in [2.45, 2.75) is 24.7 Å². The number of carbonyl (C=O) groups excluding carboxylic acids is 1. The lowest BCUT2D eigenvalue weighted by atomic mass is 9.58. The Bertz CT molecular complexity index is 858. The van der Waals surface area contributed by atoms with Gasteiger partial charge >= 0.3 is 0 Å². The summed E-state index contributed by atoms with van der Waals surface area (Å²) in [6.07, 6.45) is 4.55. The van der Waals surface area contributed by atoms with E-state index in [1.54, 1.807) is 7.11 Å². The number of ketones is 1. The quantitative estimate of drug-likeness (QED) is 0.762. The van der Waals surface area contributed by atoms with E-state index in [1.165, 1.54) is 5.56 Å². The Balaban J connectivity index is 1.72. The van der Waals surface area contributed by atoms with Crippen LogP contribution < -0.4 is 4.74 Å². The zero-order chi connectivity index (χ0) is 18.9. The summed E-state index contributed by atoms with van der Waals surface area (Å²) in [6.45, 7) is 2.05. The molecule has 2 aliphatic rings. The summed E-state index contributed by atoms with van der Waals surface area (Å²) in [5.41, 5.74) is 3.26. The van der Waals surface area contributed by atoms with Crippen LogP contribution in [0.5, 0.6) is 5.75 Å². The number of likely N-dealkylation sites (tertiary alicyclic amines) is 1. The maximum atomic E-state index is 13.2. The first-order chi connectivity index (χ1) is 13.1. The summed E-state index contributed by atoms with van der Waals surface area (Å²) in [4.78, 5) is 15.6. The van der Waals surface area contributed by atoms with E-state index in [1.807, 2.05) is 24.3 Å². The van der Waals surface area contributed by atoms with Gasteiger partial charge in [0.15, 0.2) is 5.78 Å². The Morgan fingerprint density at radius 2 is 1.96 bits per heavy atom. The molecule has 1 heterocycles. The minimum absolute atomic E-state index is 0.0772. The van der Waals surface area contributed by atoms with E-state index in [0.29, 0.717) is 18.1 Å². The first-order valence-electron chi connectivity index (χ1n) is 9.72. The minimum atomic E-state index is -0.0772. The third-order valence-corrected chi connectivity index (χ3v) is 6.34. The number of allylic oxidation sites excluding steroid dienone is 1. The molecule has 1 aliphatic carbocycles. The van der Waals surface area contributed by atoms with Crippen molar-refractivity contribution in [3.63, 3.8) is 0 Å². The molecule has 3 nitrogen and oxygen atoms in total. The standard InChI is InChI=1S/C24H27NO2/c1-25-12-11-24(20-9-6-10-22(15-20)27-2)16-23(26)19(14-21(24)17-25)13-18-7-4-3-5-8-18/h3-10,13,15,21H,11-12,14,16-17H2,1-2H3/t21-,24+/m1/s1. The first kappa shape index (κ1) is 18.0. The highest BCUT2D eigenvalue weighted by atomic mass is 16.5. The molecule has 0 spiro atoms. The van der Waals surface area contributed by atoms with Gasteiger partial charge in [0.2, 0.25) is 0 Å². The van der Waals surface area contributed by atoms with Crippen LogP contribution in [0.25, 0.3) is 6.08 Å². The number of hydrogen-bond acceptors (Lipinski definition) is 3. The van der Waals surface area contributed by atoms with Gasteiger partial charge in [-0.2, -0.15) is 0 Å². The van der Waals surface area contributed by atoms with Crippen LogP contribution in [0.4, 0.5) is 0 Å². The molecule has 1 saturated heterocycles. The van der Waals surface area contributed by atoms with Crippen molar-refractivity contribution >= 4 is 11.9 Å². The molecule has 1 aliphatic heterocycles. The monoisotopic (exact) mass is 361 g/mol. The van der Waals surface area contributed by atoms with E-state index >= 15 is 0 Å². The van der Waals surface area contributed by atoms with Crippen LogP contribution in [0.1, 0.15) is 30.4 Å². The highest BCUT2D eigenvalue weighted by Gasteiger charge is 2.48. The van der Waals surface area contributed by atoms with E-state index in [-0.39, 0.29) is 5.41 Å². The molecular formula is C24H27NO2. The Morgan fingerprint density at radius 1 is 1.15 bits per heavy atom. The zero-order valence-electron chi connectivity index (χ0n) is 16.2. The summed E-state index contributed by atoms with van der Waals surface area (Å²) in [6, 6.07) is 18.5. The molecule has 1 saturated carbocycles. The van der Waals surface area contributed by atoms with Gasteiger partial charge in [-0.3, -0.25) is 4.79 Å². The van der Waals surface area contributed by atoms with Crippen molar-refractivity contribution in [1.82, 2.24) is 4.90 Å². The maximum Gasteiger partial charge on any atom is 0.159 e. The summed E-state index contributed by atoms with van der Waals surface area (Å²) in [5, 5.41) is 0. The Morgan fingerprint density at radius 3 is 2.74 bits per heavy atom. The van der Waals surface area contributed by atoms with Crippen LogP contribution in [0, 0.1) is 5.92 Å². The molecule has 0 aromatic heterocycles. The highest BCUT2D eigenvalue weighted by molar-refractivity contribution is 6.01. The number of carbonyl (C=O) groups is 1. The van der Waals surface area contributed by atoms with Crippen molar-refractivity contribution in [2.24, 2.45) is 5.92 Å². The molecule has 2 aromatic carbocycles. The second-order valence-electron chi connectivity index (χ2n) is 7.98. The van der Waals surface area contributed by atoms with Crippen molar-refractivity contribution in [1.29, 1.82) is 0 Å². The number of Topliss-reactive ketones (excluding diaryl/α,β-unsaturated/α-hetero) is 1. The third kappa shape index (κ3) is 3.44. The van der Waals surface area contributed by atoms with Crippen LogP contribution >= 0.6 is 0 Å². The van der Waals surface area contributed by atoms with Crippen LogP contribution in [0.2, 0.25) is 0 Å². The van der Waals surface area contributed by atoms with Crippen LogP contribution in [-0.4, -0.2) is 37.9 Å². The van der Waals surface area contributed by atoms with Gasteiger partial charge in [0.25, 0.3) is 0 Å². The number of rotatable bonds is 3. The molecule has 0 radical (unpaired) electrons. The number of piperidine rings is 1. The molecule has 27 heavy (non-hydrogen) atoms. The Labute approximate surface area is 161 Å². The van der Waals surface area contributed by atoms with E-state index in [9.17, 15) is 4.79 Å². The normalized spacial score (nSPS) is 27.4. The number of methoxy groups -OCH3 is 1. The van der Waals surface area contributed by atoms with Gasteiger partial charge < -0.3 is 9.64 Å². The van der Waals surface area contributed by atoms with Gasteiger partial charge in [-0.05, 0) is 67.3 Å². The van der Waals surface area contributed by atoms with Gasteiger partial charge in [0.05, 0.1) is 7.11 Å². The van der Waals surface area contributed by atoms with Crippen molar-refractivity contribution in [3.8, 4) is 5.75 Å². The van der Waals surface area contributed by atoms with E-state index in [4.69, 9.17) is 4.74 Å². The average molecular weight is 361 g/mol. The minimum Gasteiger partial charge on any atom is -0.497 e. The van der Waals surface area contributed by atoms with Crippen molar-refractivity contribution in [3.05, 3.63) is 71.3 Å². The molecular weight excluding hydrogens is 334 g/mol. The molecule has 0 N–H and O–H groups in total. The summed E-state index contributed by atoms with van der Waals surface area (Å²) >= 11 is 0. The lowest BCUT2D eigenvalue weighted by Gasteiger charge is -2.50.